The van der Waals surface area contributed by atoms with E-state index in [1.165, 1.54) is 12.1 Å². The second-order valence-electron chi connectivity index (χ2n) is 8.48. The minimum atomic E-state index is -4.36. The molecular formula is C27H23F3N4O. The van der Waals surface area contributed by atoms with Gasteiger partial charge in [0.2, 0.25) is 0 Å². The smallest absolute Gasteiger partial charge is 0.381 e. The standard InChI is InChI=1S/C27H23F3N4O/c28-27(29,30)21-8-6-18(7-9-21)23-5-2-1-4-19(23)15-31-22-10-11-24-20(14-22)16-32-26(24)25(35)17-34-13-3-12-33-34/h1-14,26,31-32H,15-17H2. The van der Waals surface area contributed by atoms with Crippen LogP contribution in [0.4, 0.5) is 18.9 Å². The van der Waals surface area contributed by atoms with Gasteiger partial charge in [-0.1, -0.05) is 42.5 Å². The first-order valence-corrected chi connectivity index (χ1v) is 11.2. The lowest BCUT2D eigenvalue weighted by Gasteiger charge is -2.14. The van der Waals surface area contributed by atoms with Crippen LogP contribution in [0.3, 0.4) is 0 Å². The average molecular weight is 477 g/mol. The van der Waals surface area contributed by atoms with Gasteiger partial charge in [0, 0.05) is 31.2 Å². The fraction of sp³-hybridized carbons (Fsp3) is 0.185. The average Bonchev–Trinajstić information content (AvgIpc) is 3.52. The van der Waals surface area contributed by atoms with Crippen molar-refractivity contribution in [2.24, 2.45) is 0 Å². The van der Waals surface area contributed by atoms with Crippen LogP contribution < -0.4 is 10.6 Å². The maximum Gasteiger partial charge on any atom is 0.416 e. The number of rotatable bonds is 7. The molecule has 3 aromatic carbocycles. The number of nitrogens with one attached hydrogen (secondary N) is 2. The molecule has 178 valence electrons. The fourth-order valence-electron chi connectivity index (χ4n) is 4.40. The van der Waals surface area contributed by atoms with Crippen molar-refractivity contribution in [3.8, 4) is 11.1 Å². The maximum absolute atomic E-state index is 12.9. The van der Waals surface area contributed by atoms with Crippen LogP contribution in [0.1, 0.15) is 28.3 Å². The zero-order valence-corrected chi connectivity index (χ0v) is 18.7. The minimum Gasteiger partial charge on any atom is -0.381 e. The number of hydrogen-bond donors (Lipinski definition) is 2. The number of ketones is 1. The molecule has 5 nitrogen and oxygen atoms in total. The Morgan fingerprint density at radius 2 is 1.86 bits per heavy atom. The molecule has 0 amide bonds. The Labute approximate surface area is 200 Å². The number of Topliss-reactive ketones (excluding diaryl/α,β-unsaturated/α-hetero) is 1. The molecule has 0 aliphatic carbocycles. The van der Waals surface area contributed by atoms with Gasteiger partial charge in [-0.05, 0) is 58.1 Å². The van der Waals surface area contributed by atoms with Gasteiger partial charge >= 0.3 is 6.18 Å². The fourth-order valence-corrected chi connectivity index (χ4v) is 4.40. The van der Waals surface area contributed by atoms with E-state index < -0.39 is 11.7 Å². The van der Waals surface area contributed by atoms with Crippen LogP contribution in [0.25, 0.3) is 11.1 Å². The molecule has 0 spiro atoms. The summed E-state index contributed by atoms with van der Waals surface area (Å²) in [5.41, 5.74) is 4.85. The third kappa shape index (κ3) is 4.97. The van der Waals surface area contributed by atoms with Crippen LogP contribution in [-0.2, 0) is 30.6 Å². The maximum atomic E-state index is 12.9. The molecule has 1 aromatic heterocycles. The number of carbonyl (C=O) groups excluding carboxylic acids is 1. The quantitative estimate of drug-likeness (QED) is 0.365. The molecule has 0 saturated carbocycles. The monoisotopic (exact) mass is 476 g/mol. The summed E-state index contributed by atoms with van der Waals surface area (Å²) in [7, 11) is 0. The summed E-state index contributed by atoms with van der Waals surface area (Å²) in [5, 5.41) is 10.8. The first-order chi connectivity index (χ1) is 16.9. The number of aromatic nitrogens is 2. The molecule has 0 bridgehead atoms. The SMILES string of the molecule is O=C(Cn1cccn1)C1NCc2cc(NCc3ccccc3-c3ccc(C(F)(F)F)cc3)ccc21. The van der Waals surface area contributed by atoms with Crippen LogP contribution >= 0.6 is 0 Å². The summed E-state index contributed by atoms with van der Waals surface area (Å²) in [5.74, 6) is 0.0543. The van der Waals surface area contributed by atoms with Crippen LogP contribution in [0.5, 0.6) is 0 Å². The number of fused-ring (bicyclic) bond motifs is 1. The third-order valence-corrected chi connectivity index (χ3v) is 6.17. The van der Waals surface area contributed by atoms with Crippen molar-refractivity contribution in [1.82, 2.24) is 15.1 Å². The second-order valence-corrected chi connectivity index (χ2v) is 8.48. The van der Waals surface area contributed by atoms with Gasteiger partial charge in [0.25, 0.3) is 0 Å². The zero-order valence-electron chi connectivity index (χ0n) is 18.7. The number of carbonyl (C=O) groups is 1. The van der Waals surface area contributed by atoms with Crippen molar-refractivity contribution >= 4 is 11.5 Å². The summed E-state index contributed by atoms with van der Waals surface area (Å²) < 4.78 is 40.4. The van der Waals surface area contributed by atoms with Crippen molar-refractivity contribution < 1.29 is 18.0 Å². The van der Waals surface area contributed by atoms with E-state index in [0.717, 1.165) is 45.6 Å². The molecule has 1 unspecified atom stereocenters. The largest absolute Gasteiger partial charge is 0.416 e. The van der Waals surface area contributed by atoms with Crippen LogP contribution in [0, 0.1) is 0 Å². The summed E-state index contributed by atoms with van der Waals surface area (Å²) in [6, 6.07) is 20.2. The Balaban J connectivity index is 1.29. The Hall–Kier alpha value is -3.91. The molecule has 35 heavy (non-hydrogen) atoms. The van der Waals surface area contributed by atoms with E-state index in [2.05, 4.69) is 15.7 Å². The molecule has 5 rings (SSSR count). The molecule has 1 aliphatic heterocycles. The van der Waals surface area contributed by atoms with Crippen LogP contribution in [0.2, 0.25) is 0 Å². The number of alkyl halides is 3. The van der Waals surface area contributed by atoms with E-state index in [9.17, 15) is 18.0 Å². The van der Waals surface area contributed by atoms with E-state index in [-0.39, 0.29) is 18.4 Å². The molecule has 1 aliphatic rings. The van der Waals surface area contributed by atoms with Gasteiger partial charge in [-0.25, -0.2) is 0 Å². The Morgan fingerprint density at radius 3 is 2.60 bits per heavy atom. The molecule has 8 heteroatoms. The van der Waals surface area contributed by atoms with Crippen molar-refractivity contribution in [2.75, 3.05) is 5.32 Å². The highest BCUT2D eigenvalue weighted by molar-refractivity contribution is 5.86. The van der Waals surface area contributed by atoms with E-state index in [4.69, 9.17) is 0 Å². The third-order valence-electron chi connectivity index (χ3n) is 6.17. The predicted octanol–water partition coefficient (Wildman–Crippen LogP) is 5.59. The second kappa shape index (κ2) is 9.38. The van der Waals surface area contributed by atoms with Crippen molar-refractivity contribution in [3.05, 3.63) is 107 Å². The topological polar surface area (TPSA) is 59.0 Å². The predicted molar refractivity (Wildman–Crippen MR) is 127 cm³/mol. The first-order valence-electron chi connectivity index (χ1n) is 11.2. The number of benzene rings is 3. The number of hydrogen-bond acceptors (Lipinski definition) is 4. The van der Waals surface area contributed by atoms with Gasteiger partial charge in [0.15, 0.2) is 5.78 Å². The Bertz CT molecular complexity index is 1330. The summed E-state index contributed by atoms with van der Waals surface area (Å²) in [6.45, 7) is 1.32. The highest BCUT2D eigenvalue weighted by Gasteiger charge is 2.30. The van der Waals surface area contributed by atoms with E-state index in [1.807, 2.05) is 42.5 Å². The van der Waals surface area contributed by atoms with Gasteiger partial charge in [-0.15, -0.1) is 0 Å². The minimum absolute atomic E-state index is 0.0543. The van der Waals surface area contributed by atoms with Crippen LogP contribution in [0.15, 0.2) is 85.2 Å². The zero-order chi connectivity index (χ0) is 24.4. The van der Waals surface area contributed by atoms with Crippen molar-refractivity contribution in [2.45, 2.75) is 31.9 Å². The van der Waals surface area contributed by atoms with E-state index in [1.54, 1.807) is 23.1 Å². The van der Waals surface area contributed by atoms with Gasteiger partial charge in [0.1, 0.15) is 6.54 Å². The summed E-state index contributed by atoms with van der Waals surface area (Å²) >= 11 is 0. The van der Waals surface area contributed by atoms with Crippen molar-refractivity contribution in [1.29, 1.82) is 0 Å². The molecule has 1 atom stereocenters. The molecular weight excluding hydrogens is 453 g/mol. The lowest BCUT2D eigenvalue weighted by atomic mass is 9.98. The molecule has 4 aromatic rings. The lowest BCUT2D eigenvalue weighted by molar-refractivity contribution is -0.137. The summed E-state index contributed by atoms with van der Waals surface area (Å²) in [6.07, 6.45) is -0.939. The molecule has 2 heterocycles. The van der Waals surface area contributed by atoms with E-state index >= 15 is 0 Å². The van der Waals surface area contributed by atoms with E-state index in [0.29, 0.717) is 13.1 Å². The first kappa shape index (κ1) is 22.9. The highest BCUT2D eigenvalue weighted by Crippen LogP contribution is 2.33. The van der Waals surface area contributed by atoms with Gasteiger partial charge in [-0.3, -0.25) is 14.8 Å². The number of nitrogens with zero attached hydrogens (tertiary/aromatic N) is 2. The van der Waals surface area contributed by atoms with Crippen LogP contribution in [-0.4, -0.2) is 15.6 Å². The lowest BCUT2D eigenvalue weighted by Crippen LogP contribution is -2.25. The number of halogens is 3. The molecule has 2 N–H and O–H groups in total. The van der Waals surface area contributed by atoms with Gasteiger partial charge < -0.3 is 5.32 Å². The number of anilines is 1. The molecule has 0 radical (unpaired) electrons. The Kier molecular flexibility index (Phi) is 6.13. The van der Waals surface area contributed by atoms with Gasteiger partial charge in [-0.2, -0.15) is 18.3 Å². The van der Waals surface area contributed by atoms with Gasteiger partial charge in [0.05, 0.1) is 11.6 Å². The highest BCUT2D eigenvalue weighted by atomic mass is 19.4. The Morgan fingerprint density at radius 1 is 1.06 bits per heavy atom. The summed E-state index contributed by atoms with van der Waals surface area (Å²) in [4.78, 5) is 12.7. The normalized spacial score (nSPS) is 15.1. The molecule has 0 saturated heterocycles. The molecule has 0 fully saturated rings. The van der Waals surface area contributed by atoms with Crippen molar-refractivity contribution in [3.63, 3.8) is 0 Å².